The first-order valence-electron chi connectivity index (χ1n) is 6.37. The van der Waals surface area contributed by atoms with Crippen LogP contribution in [0.25, 0.3) is 0 Å². The van der Waals surface area contributed by atoms with Gasteiger partial charge in [-0.15, -0.1) is 0 Å². The van der Waals surface area contributed by atoms with Gasteiger partial charge in [0.25, 0.3) is 5.91 Å². The third-order valence-electron chi connectivity index (χ3n) is 2.84. The van der Waals surface area contributed by atoms with Crippen molar-refractivity contribution in [2.45, 2.75) is 26.2 Å². The van der Waals surface area contributed by atoms with Gasteiger partial charge >= 0.3 is 0 Å². The third kappa shape index (κ3) is 3.60. The van der Waals surface area contributed by atoms with Crippen LogP contribution in [0.5, 0.6) is 0 Å². The Hall–Kier alpha value is -1.29. The van der Waals surface area contributed by atoms with Crippen LogP contribution in [0.15, 0.2) is 29.3 Å². The topological polar surface area (TPSA) is 41.5 Å². The summed E-state index contributed by atoms with van der Waals surface area (Å²) in [5.41, 5.74) is 1.99. The lowest BCUT2D eigenvalue weighted by atomic mass is 10.1. The number of aryl methyl sites for hydroxylation is 1. The van der Waals surface area contributed by atoms with Gasteiger partial charge in [-0.2, -0.15) is 0 Å². The van der Waals surface area contributed by atoms with Crippen molar-refractivity contribution >= 4 is 22.8 Å². The highest BCUT2D eigenvalue weighted by molar-refractivity contribution is 8.14. The Morgan fingerprint density at radius 3 is 2.78 bits per heavy atom. The van der Waals surface area contributed by atoms with Gasteiger partial charge < -0.3 is 5.32 Å². The van der Waals surface area contributed by atoms with Gasteiger partial charge in [0.2, 0.25) is 0 Å². The van der Waals surface area contributed by atoms with Crippen molar-refractivity contribution in [2.24, 2.45) is 4.99 Å². The van der Waals surface area contributed by atoms with Gasteiger partial charge in [-0.1, -0.05) is 37.2 Å². The molecule has 1 aromatic carbocycles. The lowest BCUT2D eigenvalue weighted by Gasteiger charge is -2.05. The van der Waals surface area contributed by atoms with E-state index in [4.69, 9.17) is 0 Å². The molecule has 0 aromatic heterocycles. The normalized spacial score (nSPS) is 14.4. The molecule has 1 N–H and O–H groups in total. The number of carbonyl (C=O) groups excluding carboxylic acids is 1. The Morgan fingerprint density at radius 2 is 2.17 bits per heavy atom. The van der Waals surface area contributed by atoms with Crippen LogP contribution in [0.4, 0.5) is 0 Å². The molecule has 0 saturated carbocycles. The van der Waals surface area contributed by atoms with E-state index in [-0.39, 0.29) is 5.91 Å². The molecule has 0 spiro atoms. The average Bonchev–Trinajstić information content (AvgIpc) is 2.89. The molecule has 0 unspecified atom stereocenters. The molecule has 1 amide bonds. The molecule has 96 valence electrons. The second-order valence-electron chi connectivity index (χ2n) is 4.29. The van der Waals surface area contributed by atoms with E-state index in [1.807, 2.05) is 24.3 Å². The summed E-state index contributed by atoms with van der Waals surface area (Å²) in [7, 11) is 0. The molecule has 0 radical (unpaired) electrons. The summed E-state index contributed by atoms with van der Waals surface area (Å²) >= 11 is 1.60. The molecule has 1 heterocycles. The fourth-order valence-corrected chi connectivity index (χ4v) is 2.51. The number of amidine groups is 1. The van der Waals surface area contributed by atoms with E-state index in [1.54, 1.807) is 11.8 Å². The molecule has 4 heteroatoms. The van der Waals surface area contributed by atoms with Gasteiger partial charge in [-0.05, 0) is 30.5 Å². The molecule has 1 aliphatic heterocycles. The van der Waals surface area contributed by atoms with E-state index < -0.39 is 0 Å². The lowest BCUT2D eigenvalue weighted by Crippen LogP contribution is -2.27. The number of hydrogen-bond acceptors (Lipinski definition) is 3. The average molecular weight is 262 g/mol. The van der Waals surface area contributed by atoms with Crippen molar-refractivity contribution in [1.29, 1.82) is 0 Å². The number of aliphatic imine (C=N–C) groups is 1. The van der Waals surface area contributed by atoms with Crippen LogP contribution in [0, 0.1) is 0 Å². The van der Waals surface area contributed by atoms with Crippen molar-refractivity contribution in [2.75, 3.05) is 12.3 Å². The summed E-state index contributed by atoms with van der Waals surface area (Å²) in [5, 5.41) is 3.58. The molecule has 1 aromatic rings. The lowest BCUT2D eigenvalue weighted by molar-refractivity contribution is 0.0978. The first-order valence-corrected chi connectivity index (χ1v) is 7.35. The van der Waals surface area contributed by atoms with Crippen LogP contribution >= 0.6 is 11.8 Å². The van der Waals surface area contributed by atoms with Crippen molar-refractivity contribution in [1.82, 2.24) is 5.32 Å². The smallest absolute Gasteiger partial charge is 0.257 e. The Morgan fingerprint density at radius 1 is 1.39 bits per heavy atom. The van der Waals surface area contributed by atoms with Crippen LogP contribution in [-0.4, -0.2) is 23.4 Å². The van der Waals surface area contributed by atoms with E-state index in [0.717, 1.165) is 23.9 Å². The van der Waals surface area contributed by atoms with E-state index >= 15 is 0 Å². The summed E-state index contributed by atoms with van der Waals surface area (Å²) in [4.78, 5) is 16.1. The number of carbonyl (C=O) groups is 1. The molecule has 0 bridgehead atoms. The minimum absolute atomic E-state index is 0.0646. The van der Waals surface area contributed by atoms with Gasteiger partial charge in [0, 0.05) is 11.3 Å². The van der Waals surface area contributed by atoms with Gasteiger partial charge in [0.1, 0.15) is 0 Å². The second-order valence-corrected chi connectivity index (χ2v) is 5.37. The molecular formula is C14H18N2OS. The second kappa shape index (κ2) is 6.59. The van der Waals surface area contributed by atoms with E-state index in [1.165, 1.54) is 18.4 Å². The predicted molar refractivity (Wildman–Crippen MR) is 77.3 cm³/mol. The highest BCUT2D eigenvalue weighted by Gasteiger charge is 2.12. The summed E-state index contributed by atoms with van der Waals surface area (Å²) in [5.74, 6) is 0.899. The zero-order valence-corrected chi connectivity index (χ0v) is 11.4. The minimum atomic E-state index is -0.0646. The van der Waals surface area contributed by atoms with Crippen molar-refractivity contribution < 1.29 is 4.79 Å². The Kier molecular flexibility index (Phi) is 4.81. The van der Waals surface area contributed by atoms with E-state index in [9.17, 15) is 4.79 Å². The van der Waals surface area contributed by atoms with Crippen LogP contribution in [0.3, 0.4) is 0 Å². The number of rotatable bonds is 4. The van der Waals surface area contributed by atoms with Crippen molar-refractivity contribution in [3.05, 3.63) is 35.4 Å². The monoisotopic (exact) mass is 262 g/mol. The number of nitrogens with zero attached hydrogens (tertiary/aromatic N) is 1. The summed E-state index contributed by atoms with van der Waals surface area (Å²) < 4.78 is 0. The fraction of sp³-hybridized carbons (Fsp3) is 0.429. The number of thioether (sulfide) groups is 1. The maximum atomic E-state index is 11.9. The van der Waals surface area contributed by atoms with Gasteiger partial charge in [0.05, 0.1) is 6.54 Å². The van der Waals surface area contributed by atoms with Gasteiger partial charge in [0.15, 0.2) is 5.17 Å². The summed E-state index contributed by atoms with van der Waals surface area (Å²) in [6, 6.07) is 7.85. The largest absolute Gasteiger partial charge is 0.301 e. The number of nitrogens with one attached hydrogen (secondary N) is 1. The summed E-state index contributed by atoms with van der Waals surface area (Å²) in [6.07, 6.45) is 3.47. The molecule has 0 aliphatic carbocycles. The van der Waals surface area contributed by atoms with E-state index in [2.05, 4.69) is 17.2 Å². The minimum Gasteiger partial charge on any atom is -0.301 e. The number of amides is 1. The zero-order chi connectivity index (χ0) is 12.8. The molecule has 1 aliphatic rings. The SMILES string of the molecule is CCCCc1ccc(C(=O)NC2=NCCS2)cc1. The third-order valence-corrected chi connectivity index (χ3v) is 3.73. The highest BCUT2D eigenvalue weighted by Crippen LogP contribution is 2.11. The zero-order valence-electron chi connectivity index (χ0n) is 10.6. The number of unbranched alkanes of at least 4 members (excludes halogenated alkanes) is 1. The molecule has 2 rings (SSSR count). The van der Waals surface area contributed by atoms with Gasteiger partial charge in [-0.3, -0.25) is 9.79 Å². The Bertz CT molecular complexity index is 440. The van der Waals surface area contributed by atoms with Crippen LogP contribution < -0.4 is 5.32 Å². The van der Waals surface area contributed by atoms with Crippen LogP contribution in [0.1, 0.15) is 35.7 Å². The molecular weight excluding hydrogens is 244 g/mol. The number of hydrogen-bond donors (Lipinski definition) is 1. The Balaban J connectivity index is 1.93. The fourth-order valence-electron chi connectivity index (χ4n) is 1.78. The molecule has 3 nitrogen and oxygen atoms in total. The number of benzene rings is 1. The first kappa shape index (κ1) is 13.1. The van der Waals surface area contributed by atoms with Crippen LogP contribution in [-0.2, 0) is 6.42 Å². The van der Waals surface area contributed by atoms with Gasteiger partial charge in [-0.25, -0.2) is 0 Å². The Labute approximate surface area is 112 Å². The van der Waals surface area contributed by atoms with E-state index in [0.29, 0.717) is 5.56 Å². The predicted octanol–water partition coefficient (Wildman–Crippen LogP) is 2.86. The molecule has 0 saturated heterocycles. The molecule has 18 heavy (non-hydrogen) atoms. The maximum absolute atomic E-state index is 11.9. The standard InChI is InChI=1S/C14H18N2OS/c1-2-3-4-11-5-7-12(8-6-11)13(17)16-14-15-9-10-18-14/h5-8H,2-4,9-10H2,1H3,(H,15,16,17). The van der Waals surface area contributed by atoms with Crippen molar-refractivity contribution in [3.63, 3.8) is 0 Å². The quantitative estimate of drug-likeness (QED) is 0.906. The maximum Gasteiger partial charge on any atom is 0.257 e. The van der Waals surface area contributed by atoms with Crippen molar-refractivity contribution in [3.8, 4) is 0 Å². The molecule has 0 fully saturated rings. The molecule has 0 atom stereocenters. The van der Waals surface area contributed by atoms with Crippen LogP contribution in [0.2, 0.25) is 0 Å². The first-order chi connectivity index (χ1) is 8.79. The summed E-state index contributed by atoms with van der Waals surface area (Å²) in [6.45, 7) is 2.98. The highest BCUT2D eigenvalue weighted by atomic mass is 32.2.